The lowest BCUT2D eigenvalue weighted by atomic mass is 10.3. The SMILES string of the molecule is NC(=O)c1ccnc(Br)c1Br. The van der Waals surface area contributed by atoms with E-state index >= 15 is 0 Å². The average Bonchev–Trinajstić information content (AvgIpc) is 1.94. The molecule has 0 aliphatic rings. The lowest BCUT2D eigenvalue weighted by Crippen LogP contribution is -2.11. The zero-order chi connectivity index (χ0) is 8.43. The molecule has 1 aromatic rings. The molecule has 5 heteroatoms. The van der Waals surface area contributed by atoms with Crippen LogP contribution in [0, 0.1) is 0 Å². The fourth-order valence-electron chi connectivity index (χ4n) is 0.609. The Morgan fingerprint density at radius 2 is 2.18 bits per heavy atom. The number of nitrogens with zero attached hydrogens (tertiary/aromatic N) is 1. The van der Waals surface area contributed by atoms with E-state index in [4.69, 9.17) is 5.73 Å². The Morgan fingerprint density at radius 3 is 2.64 bits per heavy atom. The van der Waals surface area contributed by atoms with Crippen LogP contribution in [-0.2, 0) is 0 Å². The Balaban J connectivity index is 3.27. The third-order valence-corrected chi connectivity index (χ3v) is 3.05. The predicted molar refractivity (Wildman–Crippen MR) is 48.2 cm³/mol. The third kappa shape index (κ3) is 1.78. The molecule has 0 aliphatic carbocycles. The molecule has 0 atom stereocenters. The monoisotopic (exact) mass is 278 g/mol. The number of primary amides is 1. The van der Waals surface area contributed by atoms with Crippen molar-refractivity contribution in [2.75, 3.05) is 0 Å². The van der Waals surface area contributed by atoms with Crippen molar-refractivity contribution >= 4 is 37.8 Å². The van der Waals surface area contributed by atoms with Gasteiger partial charge in [-0.1, -0.05) is 0 Å². The maximum absolute atomic E-state index is 10.7. The molecule has 0 fully saturated rings. The Kier molecular flexibility index (Phi) is 2.62. The zero-order valence-corrected chi connectivity index (χ0v) is 8.52. The number of rotatable bonds is 1. The maximum atomic E-state index is 10.7. The highest BCUT2D eigenvalue weighted by molar-refractivity contribution is 9.13. The number of halogens is 2. The van der Waals surface area contributed by atoms with Gasteiger partial charge in [-0.2, -0.15) is 0 Å². The summed E-state index contributed by atoms with van der Waals surface area (Å²) >= 11 is 6.32. The van der Waals surface area contributed by atoms with Gasteiger partial charge in [0.2, 0.25) is 5.91 Å². The van der Waals surface area contributed by atoms with Gasteiger partial charge < -0.3 is 5.73 Å². The molecule has 0 saturated heterocycles. The molecular weight excluding hydrogens is 276 g/mol. The first-order valence-corrected chi connectivity index (χ1v) is 4.31. The van der Waals surface area contributed by atoms with Crippen molar-refractivity contribution in [3.63, 3.8) is 0 Å². The lowest BCUT2D eigenvalue weighted by Gasteiger charge is -1.99. The van der Waals surface area contributed by atoms with Crippen LogP contribution in [0.3, 0.4) is 0 Å². The van der Waals surface area contributed by atoms with Gasteiger partial charge in [0.15, 0.2) is 0 Å². The number of pyridine rings is 1. The van der Waals surface area contributed by atoms with E-state index in [2.05, 4.69) is 36.8 Å². The molecule has 0 unspecified atom stereocenters. The molecule has 0 bridgehead atoms. The Bertz CT molecular complexity index is 301. The Labute approximate surface area is 80.3 Å². The summed E-state index contributed by atoms with van der Waals surface area (Å²) in [5.74, 6) is -0.472. The fourth-order valence-corrected chi connectivity index (χ4v) is 1.37. The molecule has 1 heterocycles. The smallest absolute Gasteiger partial charge is 0.250 e. The molecular formula is C6H4Br2N2O. The highest BCUT2D eigenvalue weighted by Gasteiger charge is 2.08. The summed E-state index contributed by atoms with van der Waals surface area (Å²) in [7, 11) is 0. The Hall–Kier alpha value is -0.420. The second-order valence-electron chi connectivity index (χ2n) is 1.83. The molecule has 1 amide bonds. The van der Waals surface area contributed by atoms with Crippen LogP contribution in [0.25, 0.3) is 0 Å². The first-order chi connectivity index (χ1) is 5.13. The maximum Gasteiger partial charge on any atom is 0.250 e. The van der Waals surface area contributed by atoms with Crippen LogP contribution in [-0.4, -0.2) is 10.9 Å². The van der Waals surface area contributed by atoms with Gasteiger partial charge in [-0.25, -0.2) is 4.98 Å². The lowest BCUT2D eigenvalue weighted by molar-refractivity contribution is 0.0999. The van der Waals surface area contributed by atoms with Gasteiger partial charge in [-0.3, -0.25) is 4.79 Å². The van der Waals surface area contributed by atoms with Crippen LogP contribution in [0.2, 0.25) is 0 Å². The molecule has 58 valence electrons. The Morgan fingerprint density at radius 1 is 1.55 bits per heavy atom. The first kappa shape index (κ1) is 8.67. The van der Waals surface area contributed by atoms with Gasteiger partial charge in [-0.15, -0.1) is 0 Å². The van der Waals surface area contributed by atoms with E-state index < -0.39 is 5.91 Å². The summed E-state index contributed by atoms with van der Waals surface area (Å²) in [6, 6.07) is 1.55. The molecule has 0 spiro atoms. The largest absolute Gasteiger partial charge is 0.366 e. The molecule has 0 saturated carbocycles. The van der Waals surface area contributed by atoms with E-state index in [1.54, 1.807) is 6.07 Å². The standard InChI is InChI=1S/C6H4Br2N2O/c7-4-3(6(9)11)1-2-10-5(4)8/h1-2H,(H2,9,11). The summed E-state index contributed by atoms with van der Waals surface area (Å²) in [4.78, 5) is 14.6. The van der Waals surface area contributed by atoms with Crippen molar-refractivity contribution in [3.8, 4) is 0 Å². The van der Waals surface area contributed by atoms with E-state index in [1.165, 1.54) is 6.20 Å². The van der Waals surface area contributed by atoms with Crippen molar-refractivity contribution in [2.45, 2.75) is 0 Å². The van der Waals surface area contributed by atoms with Crippen LogP contribution in [0.4, 0.5) is 0 Å². The van der Waals surface area contributed by atoms with Crippen molar-refractivity contribution in [3.05, 3.63) is 26.9 Å². The summed E-state index contributed by atoms with van der Waals surface area (Å²) < 4.78 is 1.17. The molecule has 11 heavy (non-hydrogen) atoms. The van der Waals surface area contributed by atoms with Crippen molar-refractivity contribution in [2.24, 2.45) is 5.73 Å². The second kappa shape index (κ2) is 3.32. The van der Waals surface area contributed by atoms with Crippen molar-refractivity contribution in [1.82, 2.24) is 4.98 Å². The summed E-state index contributed by atoms with van der Waals surface area (Å²) in [5, 5.41) is 0. The summed E-state index contributed by atoms with van der Waals surface area (Å²) in [5.41, 5.74) is 5.49. The summed E-state index contributed by atoms with van der Waals surface area (Å²) in [6.45, 7) is 0. The van der Waals surface area contributed by atoms with Crippen LogP contribution in [0.1, 0.15) is 10.4 Å². The first-order valence-electron chi connectivity index (χ1n) is 2.72. The molecule has 0 radical (unpaired) electrons. The number of hydrogen-bond acceptors (Lipinski definition) is 2. The fraction of sp³-hybridized carbons (Fsp3) is 0. The highest BCUT2D eigenvalue weighted by Crippen LogP contribution is 2.23. The van der Waals surface area contributed by atoms with Gasteiger partial charge >= 0.3 is 0 Å². The van der Waals surface area contributed by atoms with E-state index in [-0.39, 0.29) is 0 Å². The van der Waals surface area contributed by atoms with Gasteiger partial charge in [-0.05, 0) is 37.9 Å². The normalized spacial score (nSPS) is 9.64. The van der Waals surface area contributed by atoms with E-state index in [0.29, 0.717) is 14.6 Å². The summed E-state index contributed by atoms with van der Waals surface area (Å²) in [6.07, 6.45) is 1.51. The van der Waals surface area contributed by atoms with Gasteiger partial charge in [0.05, 0.1) is 10.0 Å². The molecule has 1 rings (SSSR count). The molecule has 0 aromatic carbocycles. The van der Waals surface area contributed by atoms with Crippen LogP contribution >= 0.6 is 31.9 Å². The van der Waals surface area contributed by atoms with Crippen molar-refractivity contribution < 1.29 is 4.79 Å². The predicted octanol–water partition coefficient (Wildman–Crippen LogP) is 1.71. The molecule has 2 N–H and O–H groups in total. The minimum Gasteiger partial charge on any atom is -0.366 e. The van der Waals surface area contributed by atoms with Crippen LogP contribution in [0.15, 0.2) is 21.3 Å². The zero-order valence-electron chi connectivity index (χ0n) is 5.34. The molecule has 3 nitrogen and oxygen atoms in total. The quantitative estimate of drug-likeness (QED) is 0.796. The highest BCUT2D eigenvalue weighted by atomic mass is 79.9. The second-order valence-corrected chi connectivity index (χ2v) is 3.37. The third-order valence-electron chi connectivity index (χ3n) is 1.11. The number of amides is 1. The van der Waals surface area contributed by atoms with Crippen LogP contribution in [0.5, 0.6) is 0 Å². The number of carbonyl (C=O) groups is 1. The number of aromatic nitrogens is 1. The minimum absolute atomic E-state index is 0.423. The number of hydrogen-bond donors (Lipinski definition) is 1. The minimum atomic E-state index is -0.472. The van der Waals surface area contributed by atoms with Gasteiger partial charge in [0.25, 0.3) is 0 Å². The van der Waals surface area contributed by atoms with Crippen molar-refractivity contribution in [1.29, 1.82) is 0 Å². The number of nitrogens with two attached hydrogens (primary N) is 1. The molecule has 1 aromatic heterocycles. The van der Waals surface area contributed by atoms with Crippen LogP contribution < -0.4 is 5.73 Å². The topological polar surface area (TPSA) is 56.0 Å². The number of carbonyl (C=O) groups excluding carboxylic acids is 1. The van der Waals surface area contributed by atoms with Gasteiger partial charge in [0, 0.05) is 6.20 Å². The van der Waals surface area contributed by atoms with Gasteiger partial charge in [0.1, 0.15) is 4.60 Å². The van der Waals surface area contributed by atoms with E-state index in [1.807, 2.05) is 0 Å². The molecule has 0 aliphatic heterocycles. The average molecular weight is 280 g/mol. The van der Waals surface area contributed by atoms with E-state index in [9.17, 15) is 4.79 Å². The van der Waals surface area contributed by atoms with E-state index in [0.717, 1.165) is 0 Å².